The van der Waals surface area contributed by atoms with Crippen LogP contribution in [0, 0.1) is 11.3 Å². The summed E-state index contributed by atoms with van der Waals surface area (Å²) in [5, 5.41) is 9.20. The molecule has 1 aliphatic carbocycles. The lowest BCUT2D eigenvalue weighted by Crippen LogP contribution is -2.17. The lowest BCUT2D eigenvalue weighted by Gasteiger charge is -2.08. The van der Waals surface area contributed by atoms with Crippen LogP contribution in [0.3, 0.4) is 0 Å². The number of nitrogens with zero attached hydrogens (tertiary/aromatic N) is 3. The van der Waals surface area contributed by atoms with Crippen LogP contribution in [-0.2, 0) is 0 Å². The molecule has 5 nitrogen and oxygen atoms in total. The first-order valence-corrected chi connectivity index (χ1v) is 6.85. The van der Waals surface area contributed by atoms with Crippen LogP contribution in [-0.4, -0.2) is 9.66 Å². The van der Waals surface area contributed by atoms with Gasteiger partial charge in [-0.05, 0) is 18.9 Å². The van der Waals surface area contributed by atoms with Gasteiger partial charge in [0.15, 0.2) is 5.82 Å². The van der Waals surface area contributed by atoms with Crippen molar-refractivity contribution in [2.75, 3.05) is 11.6 Å². The molecule has 2 aromatic rings. The Morgan fingerprint density at radius 2 is 1.95 bits per heavy atom. The van der Waals surface area contributed by atoms with E-state index in [4.69, 9.17) is 11.6 Å². The van der Waals surface area contributed by atoms with E-state index in [9.17, 15) is 5.26 Å². The molecule has 1 aromatic heterocycles. The van der Waals surface area contributed by atoms with E-state index in [-0.39, 0.29) is 0 Å². The first-order valence-electron chi connectivity index (χ1n) is 6.85. The molecule has 0 unspecified atom stereocenters. The van der Waals surface area contributed by atoms with E-state index in [1.165, 1.54) is 17.5 Å². The van der Waals surface area contributed by atoms with Gasteiger partial charge in [-0.1, -0.05) is 31.0 Å². The van der Waals surface area contributed by atoms with Crippen molar-refractivity contribution in [3.05, 3.63) is 35.7 Å². The van der Waals surface area contributed by atoms with E-state index in [1.54, 1.807) is 6.07 Å². The van der Waals surface area contributed by atoms with Crippen molar-refractivity contribution in [3.8, 4) is 17.3 Å². The maximum absolute atomic E-state index is 9.20. The zero-order valence-corrected chi connectivity index (χ0v) is 11.2. The van der Waals surface area contributed by atoms with Gasteiger partial charge in [0.25, 0.3) is 0 Å². The predicted molar refractivity (Wildman–Crippen MR) is 78.1 cm³/mol. The van der Waals surface area contributed by atoms with Crippen LogP contribution in [0.5, 0.6) is 0 Å². The van der Waals surface area contributed by atoms with Crippen molar-refractivity contribution < 1.29 is 0 Å². The molecule has 1 aliphatic rings. The van der Waals surface area contributed by atoms with E-state index >= 15 is 0 Å². The molecular formula is C15H17N5. The largest absolute Gasteiger partial charge is 0.382 e. The SMILES string of the molecule is N#Cc1ccccc1-c1nc(C2CCCC2)n(N)c1N. The van der Waals surface area contributed by atoms with Crippen LogP contribution >= 0.6 is 0 Å². The minimum absolute atomic E-state index is 0.380. The minimum atomic E-state index is 0.380. The average molecular weight is 267 g/mol. The second kappa shape index (κ2) is 4.89. The first-order chi connectivity index (χ1) is 9.72. The zero-order chi connectivity index (χ0) is 14.1. The number of nitrogen functional groups attached to an aromatic ring is 2. The number of hydrogen-bond donors (Lipinski definition) is 2. The minimum Gasteiger partial charge on any atom is -0.382 e. The van der Waals surface area contributed by atoms with E-state index in [0.717, 1.165) is 24.2 Å². The van der Waals surface area contributed by atoms with Gasteiger partial charge in [-0.3, -0.25) is 0 Å². The number of imidazole rings is 1. The Kier molecular flexibility index (Phi) is 3.07. The normalized spacial score (nSPS) is 15.3. The van der Waals surface area contributed by atoms with Crippen LogP contribution in [0.1, 0.15) is 43.0 Å². The summed E-state index contributed by atoms with van der Waals surface area (Å²) >= 11 is 0. The van der Waals surface area contributed by atoms with Crippen molar-refractivity contribution >= 4 is 5.82 Å². The molecule has 5 heteroatoms. The summed E-state index contributed by atoms with van der Waals surface area (Å²) in [5.74, 6) is 7.70. The summed E-state index contributed by atoms with van der Waals surface area (Å²) < 4.78 is 1.49. The van der Waals surface area contributed by atoms with Crippen molar-refractivity contribution in [2.24, 2.45) is 0 Å². The molecule has 102 valence electrons. The molecule has 3 rings (SSSR count). The van der Waals surface area contributed by atoms with Crippen LogP contribution in [0.4, 0.5) is 5.82 Å². The second-order valence-corrected chi connectivity index (χ2v) is 5.21. The molecule has 0 aliphatic heterocycles. The fraction of sp³-hybridized carbons (Fsp3) is 0.333. The number of nitriles is 1. The molecule has 0 spiro atoms. The maximum atomic E-state index is 9.20. The third kappa shape index (κ3) is 1.90. The fourth-order valence-corrected chi connectivity index (χ4v) is 2.92. The second-order valence-electron chi connectivity index (χ2n) is 5.21. The van der Waals surface area contributed by atoms with Crippen molar-refractivity contribution in [2.45, 2.75) is 31.6 Å². The molecule has 1 fully saturated rings. The maximum Gasteiger partial charge on any atom is 0.150 e. The Morgan fingerprint density at radius 3 is 2.65 bits per heavy atom. The molecule has 0 bridgehead atoms. The topological polar surface area (TPSA) is 93.6 Å². The van der Waals surface area contributed by atoms with Gasteiger partial charge >= 0.3 is 0 Å². The molecule has 0 amide bonds. The number of benzene rings is 1. The Bertz CT molecular complexity index is 674. The van der Waals surface area contributed by atoms with E-state index in [2.05, 4.69) is 11.1 Å². The van der Waals surface area contributed by atoms with Crippen molar-refractivity contribution in [1.82, 2.24) is 9.66 Å². The lowest BCUT2D eigenvalue weighted by molar-refractivity contribution is 0.648. The summed E-state index contributed by atoms with van der Waals surface area (Å²) in [5.41, 5.74) is 8.02. The van der Waals surface area contributed by atoms with Crippen molar-refractivity contribution in [1.29, 1.82) is 5.26 Å². The van der Waals surface area contributed by atoms with Gasteiger partial charge in [-0.2, -0.15) is 5.26 Å². The van der Waals surface area contributed by atoms with E-state index in [0.29, 0.717) is 23.0 Å². The van der Waals surface area contributed by atoms with E-state index < -0.39 is 0 Å². The van der Waals surface area contributed by atoms with Gasteiger partial charge in [0, 0.05) is 11.5 Å². The van der Waals surface area contributed by atoms with Crippen LogP contribution in [0.2, 0.25) is 0 Å². The van der Waals surface area contributed by atoms with Crippen LogP contribution < -0.4 is 11.6 Å². The van der Waals surface area contributed by atoms with Gasteiger partial charge in [0.05, 0.1) is 11.6 Å². The lowest BCUT2D eigenvalue weighted by atomic mass is 10.1. The summed E-state index contributed by atoms with van der Waals surface area (Å²) in [4.78, 5) is 4.63. The quantitative estimate of drug-likeness (QED) is 0.817. The fourth-order valence-electron chi connectivity index (χ4n) is 2.92. The van der Waals surface area contributed by atoms with Gasteiger partial charge < -0.3 is 11.6 Å². The summed E-state index contributed by atoms with van der Waals surface area (Å²) in [6.45, 7) is 0. The molecular weight excluding hydrogens is 250 g/mol. The van der Waals surface area contributed by atoms with E-state index in [1.807, 2.05) is 18.2 Å². The Hall–Kier alpha value is -2.48. The number of hydrogen-bond acceptors (Lipinski definition) is 4. The molecule has 1 saturated carbocycles. The highest BCUT2D eigenvalue weighted by Crippen LogP contribution is 2.36. The number of anilines is 1. The first kappa shape index (κ1) is 12.5. The highest BCUT2D eigenvalue weighted by molar-refractivity contribution is 5.76. The molecule has 1 aromatic carbocycles. The van der Waals surface area contributed by atoms with Gasteiger partial charge in [-0.25, -0.2) is 9.66 Å². The third-order valence-electron chi connectivity index (χ3n) is 4.00. The Morgan fingerprint density at radius 1 is 1.25 bits per heavy atom. The summed E-state index contributed by atoms with van der Waals surface area (Å²) in [7, 11) is 0. The molecule has 0 atom stereocenters. The highest BCUT2D eigenvalue weighted by atomic mass is 15.4. The highest BCUT2D eigenvalue weighted by Gasteiger charge is 2.25. The van der Waals surface area contributed by atoms with Gasteiger partial charge in [0.2, 0.25) is 0 Å². The average Bonchev–Trinajstić information content (AvgIpc) is 3.09. The molecule has 0 saturated heterocycles. The van der Waals surface area contributed by atoms with Crippen molar-refractivity contribution in [3.63, 3.8) is 0 Å². The number of nitrogens with two attached hydrogens (primary N) is 2. The number of rotatable bonds is 2. The van der Waals surface area contributed by atoms with Gasteiger partial charge in [-0.15, -0.1) is 0 Å². The summed E-state index contributed by atoms with van der Waals surface area (Å²) in [6.07, 6.45) is 4.63. The zero-order valence-electron chi connectivity index (χ0n) is 11.2. The Balaban J connectivity index is 2.11. The molecule has 20 heavy (non-hydrogen) atoms. The number of aromatic nitrogens is 2. The molecule has 4 N–H and O–H groups in total. The predicted octanol–water partition coefficient (Wildman–Crippen LogP) is 2.38. The third-order valence-corrected chi connectivity index (χ3v) is 4.00. The standard InChI is InChI=1S/C15H17N5/c16-9-11-7-3-4-8-12(11)13-14(17)20(18)15(19-13)10-5-1-2-6-10/h3-4,7-8,10H,1-2,5-6,17-18H2. The Labute approximate surface area is 117 Å². The van der Waals surface area contributed by atoms with Crippen LogP contribution in [0.25, 0.3) is 11.3 Å². The summed E-state index contributed by atoms with van der Waals surface area (Å²) in [6, 6.07) is 9.50. The van der Waals surface area contributed by atoms with Gasteiger partial charge in [0.1, 0.15) is 11.5 Å². The molecule has 0 radical (unpaired) electrons. The van der Waals surface area contributed by atoms with Crippen LogP contribution in [0.15, 0.2) is 24.3 Å². The monoisotopic (exact) mass is 267 g/mol. The molecule has 1 heterocycles. The smallest absolute Gasteiger partial charge is 0.150 e.